The number of benzene rings is 3. The smallest absolute Gasteiger partial charge is 0.176 e. The molecular weight excluding hydrogens is 284 g/mol. The van der Waals surface area contributed by atoms with Crippen LogP contribution in [0.25, 0.3) is 10.8 Å². The van der Waals surface area contributed by atoms with Crippen LogP contribution in [0.2, 0.25) is 0 Å². The summed E-state index contributed by atoms with van der Waals surface area (Å²) in [6.45, 7) is 3.85. The van der Waals surface area contributed by atoms with Crippen LogP contribution in [0.4, 0.5) is 0 Å². The molecule has 0 amide bonds. The van der Waals surface area contributed by atoms with Gasteiger partial charge in [0, 0.05) is 5.56 Å². The fourth-order valence-electron chi connectivity index (χ4n) is 3.76. The van der Waals surface area contributed by atoms with E-state index in [1.54, 1.807) is 0 Å². The molecule has 1 N–H and O–H groups in total. The van der Waals surface area contributed by atoms with Crippen LogP contribution in [0.5, 0.6) is 0 Å². The summed E-state index contributed by atoms with van der Waals surface area (Å²) < 4.78 is 0. The van der Waals surface area contributed by atoms with E-state index in [0.29, 0.717) is 5.56 Å². The maximum atomic E-state index is 13.3. The van der Waals surface area contributed by atoms with Gasteiger partial charge in [0.2, 0.25) is 0 Å². The van der Waals surface area contributed by atoms with Crippen LogP contribution in [0.15, 0.2) is 60.7 Å². The zero-order valence-electron chi connectivity index (χ0n) is 13.2. The van der Waals surface area contributed by atoms with E-state index in [1.165, 1.54) is 0 Å². The summed E-state index contributed by atoms with van der Waals surface area (Å²) in [5.41, 5.74) is 2.52. The first-order valence-electron chi connectivity index (χ1n) is 7.85. The Hall–Kier alpha value is -2.45. The lowest BCUT2D eigenvalue weighted by atomic mass is 9.65. The number of aryl methyl sites for hydroxylation is 1. The molecule has 3 aromatic rings. The highest BCUT2D eigenvalue weighted by Crippen LogP contribution is 2.47. The summed E-state index contributed by atoms with van der Waals surface area (Å²) in [5, 5.41) is 13.0. The second kappa shape index (κ2) is 4.77. The monoisotopic (exact) mass is 302 g/mol. The minimum absolute atomic E-state index is 0.0140. The molecule has 23 heavy (non-hydrogen) atoms. The number of hydrogen-bond acceptors (Lipinski definition) is 2. The van der Waals surface area contributed by atoms with Gasteiger partial charge < -0.3 is 5.11 Å². The molecule has 0 saturated carbocycles. The molecule has 0 fully saturated rings. The molecule has 0 heterocycles. The van der Waals surface area contributed by atoms with Crippen molar-refractivity contribution in [3.05, 3.63) is 82.9 Å². The molecule has 1 aliphatic carbocycles. The highest BCUT2D eigenvalue weighted by atomic mass is 16.3. The normalized spacial score (nSPS) is 23.3. The zero-order chi connectivity index (χ0) is 16.2. The van der Waals surface area contributed by atoms with Gasteiger partial charge in [0.25, 0.3) is 0 Å². The predicted molar refractivity (Wildman–Crippen MR) is 91.8 cm³/mol. The lowest BCUT2D eigenvalue weighted by Crippen LogP contribution is -2.42. The van der Waals surface area contributed by atoms with Crippen LogP contribution in [0, 0.1) is 6.92 Å². The van der Waals surface area contributed by atoms with Crippen molar-refractivity contribution < 1.29 is 9.90 Å². The van der Waals surface area contributed by atoms with Crippen LogP contribution >= 0.6 is 0 Å². The third-order valence-corrected chi connectivity index (χ3v) is 5.11. The van der Waals surface area contributed by atoms with Crippen molar-refractivity contribution in [1.29, 1.82) is 0 Å². The van der Waals surface area contributed by atoms with Gasteiger partial charge in [0.1, 0.15) is 0 Å². The average molecular weight is 302 g/mol. The lowest BCUT2D eigenvalue weighted by Gasteiger charge is -2.38. The Morgan fingerprint density at radius 2 is 1.70 bits per heavy atom. The molecule has 2 unspecified atom stereocenters. The molecule has 114 valence electrons. The van der Waals surface area contributed by atoms with Gasteiger partial charge in [-0.15, -0.1) is 0 Å². The molecule has 2 heteroatoms. The first kappa shape index (κ1) is 14.2. The number of ketones is 1. The average Bonchev–Trinajstić information content (AvgIpc) is 2.57. The molecule has 1 aliphatic rings. The molecule has 0 saturated heterocycles. The topological polar surface area (TPSA) is 37.3 Å². The number of carbonyl (C=O) groups excluding carboxylic acids is 1. The summed E-state index contributed by atoms with van der Waals surface area (Å²) in [5.74, 6) is -0.0140. The number of Topliss-reactive ketones (excluding diaryl/α,β-unsaturated/α-hetero) is 1. The number of aliphatic hydroxyl groups is 1. The highest BCUT2D eigenvalue weighted by molar-refractivity contribution is 6.16. The Labute approximate surface area is 135 Å². The fraction of sp³-hybridized carbons (Fsp3) is 0.190. The van der Waals surface area contributed by atoms with Gasteiger partial charge in [-0.05, 0) is 35.7 Å². The number of hydrogen-bond donors (Lipinski definition) is 1. The largest absolute Gasteiger partial charge is 0.387 e. The third kappa shape index (κ3) is 1.82. The van der Waals surface area contributed by atoms with Crippen molar-refractivity contribution in [3.63, 3.8) is 0 Å². The Morgan fingerprint density at radius 3 is 2.43 bits per heavy atom. The van der Waals surface area contributed by atoms with Gasteiger partial charge in [-0.3, -0.25) is 4.79 Å². The fourth-order valence-corrected chi connectivity index (χ4v) is 3.76. The van der Waals surface area contributed by atoms with Crippen molar-refractivity contribution in [2.75, 3.05) is 0 Å². The van der Waals surface area contributed by atoms with E-state index in [1.807, 2.05) is 74.5 Å². The van der Waals surface area contributed by atoms with Crippen molar-refractivity contribution >= 4 is 16.6 Å². The van der Waals surface area contributed by atoms with Crippen LogP contribution in [0.3, 0.4) is 0 Å². The Balaban J connectivity index is 2.04. The van der Waals surface area contributed by atoms with Crippen molar-refractivity contribution in [3.8, 4) is 0 Å². The second-order valence-corrected chi connectivity index (χ2v) is 6.55. The first-order chi connectivity index (χ1) is 11.0. The Bertz CT molecular complexity index is 936. The van der Waals surface area contributed by atoms with Crippen molar-refractivity contribution in [2.24, 2.45) is 0 Å². The molecule has 0 aromatic heterocycles. The van der Waals surface area contributed by atoms with E-state index in [-0.39, 0.29) is 5.78 Å². The Morgan fingerprint density at radius 1 is 1.00 bits per heavy atom. The molecule has 0 spiro atoms. The van der Waals surface area contributed by atoms with Gasteiger partial charge in [0.05, 0.1) is 11.5 Å². The number of rotatable bonds is 1. The van der Waals surface area contributed by atoms with Crippen LogP contribution in [0.1, 0.15) is 40.1 Å². The molecule has 0 radical (unpaired) electrons. The summed E-state index contributed by atoms with van der Waals surface area (Å²) in [7, 11) is 0. The van der Waals surface area contributed by atoms with Crippen LogP contribution in [-0.4, -0.2) is 10.9 Å². The summed E-state index contributed by atoms with van der Waals surface area (Å²) in [4.78, 5) is 13.3. The number of aliphatic hydroxyl groups excluding tert-OH is 1. The minimum atomic E-state index is -0.964. The maximum absolute atomic E-state index is 13.3. The minimum Gasteiger partial charge on any atom is -0.387 e. The Kier molecular flexibility index (Phi) is 2.94. The highest BCUT2D eigenvalue weighted by Gasteiger charge is 2.47. The van der Waals surface area contributed by atoms with E-state index >= 15 is 0 Å². The predicted octanol–water partition coefficient (Wildman–Crippen LogP) is 4.34. The summed E-state index contributed by atoms with van der Waals surface area (Å²) in [6.07, 6.45) is -0.851. The van der Waals surface area contributed by atoms with Crippen molar-refractivity contribution in [2.45, 2.75) is 25.4 Å². The molecule has 0 aliphatic heterocycles. The van der Waals surface area contributed by atoms with Gasteiger partial charge in [-0.2, -0.15) is 0 Å². The zero-order valence-corrected chi connectivity index (χ0v) is 13.2. The van der Waals surface area contributed by atoms with E-state index in [4.69, 9.17) is 0 Å². The lowest BCUT2D eigenvalue weighted by molar-refractivity contribution is 0.0582. The quantitative estimate of drug-likeness (QED) is 0.726. The second-order valence-electron chi connectivity index (χ2n) is 6.55. The van der Waals surface area contributed by atoms with Crippen LogP contribution < -0.4 is 0 Å². The van der Waals surface area contributed by atoms with Gasteiger partial charge in [-0.1, -0.05) is 66.2 Å². The SMILES string of the molecule is Cc1cccc(C2(C)C(=O)c3cccc4cccc(c34)C2O)c1. The number of carbonyl (C=O) groups is 1. The maximum Gasteiger partial charge on any atom is 0.176 e. The van der Waals surface area contributed by atoms with E-state index in [2.05, 4.69) is 0 Å². The van der Waals surface area contributed by atoms with Gasteiger partial charge in [0.15, 0.2) is 5.78 Å². The first-order valence-corrected chi connectivity index (χ1v) is 7.85. The molecule has 4 rings (SSSR count). The third-order valence-electron chi connectivity index (χ3n) is 5.11. The van der Waals surface area contributed by atoms with Gasteiger partial charge >= 0.3 is 0 Å². The molecule has 2 atom stereocenters. The molecule has 0 bridgehead atoms. The van der Waals surface area contributed by atoms with Gasteiger partial charge in [-0.25, -0.2) is 0 Å². The van der Waals surface area contributed by atoms with Crippen LogP contribution in [-0.2, 0) is 5.41 Å². The summed E-state index contributed by atoms with van der Waals surface area (Å²) in [6, 6.07) is 19.5. The van der Waals surface area contributed by atoms with E-state index in [0.717, 1.165) is 27.5 Å². The molecule has 3 aromatic carbocycles. The van der Waals surface area contributed by atoms with E-state index in [9.17, 15) is 9.90 Å². The van der Waals surface area contributed by atoms with Crippen molar-refractivity contribution in [1.82, 2.24) is 0 Å². The standard InChI is InChI=1S/C21H18O2/c1-13-6-3-9-15(12-13)21(2)19(22)16-10-4-7-14-8-5-11-17(18(14)16)20(21)23/h3-12,19,22H,1-2H3. The molecule has 2 nitrogen and oxygen atoms in total. The summed E-state index contributed by atoms with van der Waals surface area (Å²) >= 11 is 0. The molecular formula is C21H18O2. The van der Waals surface area contributed by atoms with E-state index < -0.39 is 11.5 Å².